The molecule has 10 heteroatoms. The van der Waals surface area contributed by atoms with Crippen molar-refractivity contribution in [1.29, 1.82) is 0 Å². The zero-order valence-electron chi connectivity index (χ0n) is 18.3. The highest BCUT2D eigenvalue weighted by molar-refractivity contribution is 8.45. The van der Waals surface area contributed by atoms with E-state index in [0.29, 0.717) is 0 Å². The van der Waals surface area contributed by atoms with Crippen LogP contribution in [0.4, 0.5) is 23.8 Å². The van der Waals surface area contributed by atoms with Crippen LogP contribution in [0.1, 0.15) is 54.4 Å². The van der Waals surface area contributed by atoms with E-state index in [0.717, 1.165) is 54.3 Å². The number of carbonyl (C=O) groups excluding carboxylic acids is 1. The molecule has 184 valence electrons. The number of halogens is 6. The van der Waals surface area contributed by atoms with Crippen molar-refractivity contribution in [3.63, 3.8) is 0 Å². The highest BCUT2D eigenvalue weighted by Crippen LogP contribution is 3.02. The molecule has 0 aliphatic heterocycles. The van der Waals surface area contributed by atoms with Crippen molar-refractivity contribution in [1.82, 2.24) is 10.3 Å². The molecule has 1 saturated carbocycles. The second-order valence-corrected chi connectivity index (χ2v) is 11.3. The van der Waals surface area contributed by atoms with Gasteiger partial charge in [0.1, 0.15) is 10.7 Å². The Balaban J connectivity index is 1.38. The van der Waals surface area contributed by atoms with E-state index in [1.165, 1.54) is 12.1 Å². The smallest absolute Gasteiger partial charge is 0.310 e. The van der Waals surface area contributed by atoms with E-state index in [1.54, 1.807) is 12.3 Å². The van der Waals surface area contributed by atoms with Crippen LogP contribution in [-0.2, 0) is 0 Å². The number of hydrogen-bond acceptors (Lipinski definition) is 2. The van der Waals surface area contributed by atoms with Gasteiger partial charge in [0.25, 0.3) is 5.91 Å². The largest absolute Gasteiger partial charge is 0.349 e. The lowest BCUT2D eigenvalue weighted by Gasteiger charge is -2.40. The Morgan fingerprint density at radius 1 is 0.971 bits per heavy atom. The first-order valence-electron chi connectivity index (χ1n) is 10.9. The van der Waals surface area contributed by atoms with E-state index < -0.39 is 21.0 Å². The number of rotatable bonds is 5. The second kappa shape index (κ2) is 7.90. The SMILES string of the molecule is CC(NC(=O)c1ccc(S(F)(F)(F)(F)F)cc1)[C@H]1CC[C@@H](c2ccnc3ccc(F)cc32)CC1. The van der Waals surface area contributed by atoms with Gasteiger partial charge in [-0.3, -0.25) is 9.78 Å². The van der Waals surface area contributed by atoms with E-state index in [4.69, 9.17) is 0 Å². The average Bonchev–Trinajstić information content (AvgIpc) is 2.77. The fraction of sp³-hybridized carbons (Fsp3) is 0.333. The van der Waals surface area contributed by atoms with E-state index in [1.807, 2.05) is 13.0 Å². The first kappa shape index (κ1) is 24.4. The van der Waals surface area contributed by atoms with Gasteiger partial charge in [0, 0.05) is 23.2 Å². The maximum absolute atomic E-state index is 13.8. The van der Waals surface area contributed by atoms with Crippen molar-refractivity contribution < 1.29 is 28.6 Å². The van der Waals surface area contributed by atoms with Crippen LogP contribution in [0.15, 0.2) is 59.6 Å². The number of amides is 1. The zero-order valence-corrected chi connectivity index (χ0v) is 19.1. The minimum Gasteiger partial charge on any atom is -0.349 e. The molecule has 3 aromatic rings. The Bertz CT molecular complexity index is 1220. The first-order valence-corrected chi connectivity index (χ1v) is 12.9. The van der Waals surface area contributed by atoms with Crippen LogP contribution < -0.4 is 5.32 Å². The van der Waals surface area contributed by atoms with Crippen LogP contribution in [0, 0.1) is 11.7 Å². The number of hydrogen-bond donors (Lipinski definition) is 1. The predicted octanol–water partition coefficient (Wildman–Crippen LogP) is 8.12. The van der Waals surface area contributed by atoms with Gasteiger partial charge in [0.05, 0.1) is 5.52 Å². The number of aromatic nitrogens is 1. The third-order valence-corrected chi connectivity index (χ3v) is 7.74. The Morgan fingerprint density at radius 3 is 2.24 bits per heavy atom. The third-order valence-electron chi connectivity index (χ3n) is 6.58. The minimum absolute atomic E-state index is 0.114. The lowest BCUT2D eigenvalue weighted by Crippen LogP contribution is -2.39. The highest BCUT2D eigenvalue weighted by atomic mass is 32.5. The Kier molecular flexibility index (Phi) is 5.66. The summed E-state index contributed by atoms with van der Waals surface area (Å²) in [6.07, 6.45) is 4.98. The van der Waals surface area contributed by atoms with Crippen molar-refractivity contribution in [2.45, 2.75) is 49.5 Å². The minimum atomic E-state index is -9.77. The summed E-state index contributed by atoms with van der Waals surface area (Å²) in [7, 11) is -9.77. The topological polar surface area (TPSA) is 42.0 Å². The van der Waals surface area contributed by atoms with Gasteiger partial charge in [-0.15, -0.1) is 0 Å². The molecule has 4 rings (SSSR count). The van der Waals surface area contributed by atoms with Crippen LogP contribution in [0.3, 0.4) is 0 Å². The molecular formula is C24H24F6N2OS. The summed E-state index contributed by atoms with van der Waals surface area (Å²) in [5, 5.41) is 3.57. The molecule has 34 heavy (non-hydrogen) atoms. The number of benzene rings is 2. The summed E-state index contributed by atoms with van der Waals surface area (Å²) >= 11 is 0. The van der Waals surface area contributed by atoms with Crippen molar-refractivity contribution in [3.8, 4) is 0 Å². The van der Waals surface area contributed by atoms with Gasteiger partial charge in [-0.05, 0) is 98.5 Å². The first-order chi connectivity index (χ1) is 15.7. The average molecular weight is 503 g/mol. The van der Waals surface area contributed by atoms with Gasteiger partial charge in [-0.25, -0.2) is 4.39 Å². The summed E-state index contributed by atoms with van der Waals surface area (Å²) in [6.45, 7) is 1.82. The number of carbonyl (C=O) groups is 1. The van der Waals surface area contributed by atoms with E-state index in [-0.39, 0.29) is 41.4 Å². The molecular weight excluding hydrogens is 478 g/mol. The van der Waals surface area contributed by atoms with Gasteiger partial charge in [-0.1, -0.05) is 19.4 Å². The van der Waals surface area contributed by atoms with E-state index in [2.05, 4.69) is 10.3 Å². The molecule has 0 spiro atoms. The lowest BCUT2D eigenvalue weighted by atomic mass is 9.75. The molecule has 1 aromatic heterocycles. The molecule has 1 aliphatic carbocycles. The van der Waals surface area contributed by atoms with Crippen LogP contribution in [0.2, 0.25) is 0 Å². The van der Waals surface area contributed by atoms with Gasteiger partial charge in [0.15, 0.2) is 0 Å². The Labute approximate surface area is 193 Å². The standard InChI is InChI=1S/C24H24F6N2OS/c1-15(32-24(33)18-6-9-20(10-7-18)34(26,27,28,29)30)16-2-4-17(5-3-16)21-12-13-31-23-11-8-19(25)14-22(21)23/h6-17H,2-5H2,1H3,(H,32,33)/t15?,16-,17+. The molecule has 1 fully saturated rings. The van der Waals surface area contributed by atoms with E-state index >= 15 is 0 Å². The van der Waals surface area contributed by atoms with Gasteiger partial charge in [-0.2, -0.15) is 0 Å². The van der Waals surface area contributed by atoms with Gasteiger partial charge >= 0.3 is 10.2 Å². The molecule has 0 radical (unpaired) electrons. The summed E-state index contributed by atoms with van der Waals surface area (Å²) in [5.74, 6) is -0.556. The summed E-state index contributed by atoms with van der Waals surface area (Å²) < 4.78 is 78.1. The fourth-order valence-corrected chi connectivity index (χ4v) is 5.35. The molecule has 0 bridgehead atoms. The van der Waals surface area contributed by atoms with Crippen LogP contribution in [0.5, 0.6) is 0 Å². The molecule has 1 heterocycles. The fourth-order valence-electron chi connectivity index (χ4n) is 4.70. The Morgan fingerprint density at radius 2 is 1.62 bits per heavy atom. The summed E-state index contributed by atoms with van der Waals surface area (Å²) in [5.41, 5.74) is 1.66. The molecule has 1 N–H and O–H groups in total. The van der Waals surface area contributed by atoms with Gasteiger partial charge < -0.3 is 5.32 Å². The van der Waals surface area contributed by atoms with Crippen molar-refractivity contribution in [2.75, 3.05) is 0 Å². The number of fused-ring (bicyclic) bond motifs is 1. The van der Waals surface area contributed by atoms with Crippen LogP contribution in [-0.4, -0.2) is 16.9 Å². The quantitative estimate of drug-likeness (QED) is 0.358. The lowest BCUT2D eigenvalue weighted by molar-refractivity contribution is 0.0917. The predicted molar refractivity (Wildman–Crippen MR) is 121 cm³/mol. The molecule has 1 amide bonds. The van der Waals surface area contributed by atoms with Crippen LogP contribution in [0.25, 0.3) is 10.9 Å². The second-order valence-electron chi connectivity index (χ2n) is 8.93. The summed E-state index contributed by atoms with van der Waals surface area (Å²) in [4.78, 5) is 14.7. The molecule has 1 unspecified atom stereocenters. The highest BCUT2D eigenvalue weighted by Gasteiger charge is 2.65. The van der Waals surface area contributed by atoms with Crippen LogP contribution >= 0.6 is 10.2 Å². The van der Waals surface area contributed by atoms with E-state index in [9.17, 15) is 28.6 Å². The van der Waals surface area contributed by atoms with Crippen molar-refractivity contribution >= 4 is 27.0 Å². The number of nitrogens with one attached hydrogen (secondary N) is 1. The maximum Gasteiger partial charge on any atom is 0.310 e. The maximum atomic E-state index is 13.8. The zero-order chi connectivity index (χ0) is 24.8. The third kappa shape index (κ3) is 5.32. The monoisotopic (exact) mass is 502 g/mol. The number of pyridine rings is 1. The molecule has 0 saturated heterocycles. The number of nitrogens with zero attached hydrogens (tertiary/aromatic N) is 1. The van der Waals surface area contributed by atoms with Crippen molar-refractivity contribution in [2.24, 2.45) is 5.92 Å². The van der Waals surface area contributed by atoms with Gasteiger partial charge in [0.2, 0.25) is 0 Å². The molecule has 2 aromatic carbocycles. The normalized spacial score (nSPS) is 22.0. The molecule has 1 aliphatic rings. The van der Waals surface area contributed by atoms with Crippen molar-refractivity contribution in [3.05, 3.63) is 71.7 Å². The molecule has 1 atom stereocenters. The Hall–Kier alpha value is -2.75. The summed E-state index contributed by atoms with van der Waals surface area (Å²) in [6, 6.07) is 8.20. The molecule has 3 nitrogen and oxygen atoms in total.